The zero-order valence-electron chi connectivity index (χ0n) is 19.8. The number of aromatic nitrogens is 2. The van der Waals surface area contributed by atoms with Crippen LogP contribution in [0.15, 0.2) is 36.7 Å². The Hall–Kier alpha value is -3.68. The zero-order chi connectivity index (χ0) is 26.7. The zero-order valence-corrected chi connectivity index (χ0v) is 20.6. The summed E-state index contributed by atoms with van der Waals surface area (Å²) in [6.45, 7) is 5.85. The van der Waals surface area contributed by atoms with Crippen molar-refractivity contribution in [3.05, 3.63) is 70.0 Å². The molecule has 3 heterocycles. The minimum Gasteiger partial charge on any atom is -0.378 e. The Morgan fingerprint density at radius 3 is 2.54 bits per heavy atom. The van der Waals surface area contributed by atoms with E-state index in [1.165, 1.54) is 12.1 Å². The molecule has 0 spiro atoms. The highest BCUT2D eigenvalue weighted by molar-refractivity contribution is 6.30. The normalized spacial score (nSPS) is 13.6. The van der Waals surface area contributed by atoms with E-state index in [1.807, 2.05) is 6.07 Å². The van der Waals surface area contributed by atoms with Gasteiger partial charge in [0, 0.05) is 31.0 Å². The predicted octanol–water partition coefficient (Wildman–Crippen LogP) is 5.72. The van der Waals surface area contributed by atoms with Crippen molar-refractivity contribution >= 4 is 28.9 Å². The van der Waals surface area contributed by atoms with Gasteiger partial charge in [0.25, 0.3) is 5.91 Å². The Balaban J connectivity index is 1.70. The number of anilines is 2. The first-order chi connectivity index (χ1) is 17.6. The molecule has 11 heteroatoms. The lowest BCUT2D eigenvalue weighted by Crippen LogP contribution is -2.36. The highest BCUT2D eigenvalue weighted by atomic mass is 35.5. The molecule has 4 rings (SSSR count). The monoisotopic (exact) mass is 532 g/mol. The van der Waals surface area contributed by atoms with Gasteiger partial charge in [0.2, 0.25) is 0 Å². The molecular formula is C26H21ClF4N4O2. The summed E-state index contributed by atoms with van der Waals surface area (Å²) in [7, 11) is 0. The maximum absolute atomic E-state index is 14.8. The molecule has 0 bridgehead atoms. The lowest BCUT2D eigenvalue weighted by atomic mass is 9.99. The topological polar surface area (TPSA) is 67.4 Å². The first-order valence-electron chi connectivity index (χ1n) is 11.2. The number of alkyl halides is 3. The molecular weight excluding hydrogens is 512 g/mol. The van der Waals surface area contributed by atoms with Crippen LogP contribution in [0.1, 0.15) is 34.1 Å². The van der Waals surface area contributed by atoms with Crippen molar-refractivity contribution < 1.29 is 27.1 Å². The van der Waals surface area contributed by atoms with Gasteiger partial charge in [0.05, 0.1) is 35.7 Å². The number of ether oxygens (including phenoxy) is 1. The van der Waals surface area contributed by atoms with Gasteiger partial charge in [-0.25, -0.2) is 14.4 Å². The summed E-state index contributed by atoms with van der Waals surface area (Å²) in [4.78, 5) is 22.7. The second-order valence-electron chi connectivity index (χ2n) is 8.23. The molecule has 1 N–H and O–H groups in total. The fraction of sp³-hybridized carbons (Fsp3) is 0.269. The van der Waals surface area contributed by atoms with Crippen LogP contribution in [0.3, 0.4) is 0 Å². The van der Waals surface area contributed by atoms with Crippen LogP contribution in [0.25, 0.3) is 11.1 Å². The van der Waals surface area contributed by atoms with Gasteiger partial charge in [-0.05, 0) is 55.2 Å². The number of rotatable bonds is 4. The van der Waals surface area contributed by atoms with Gasteiger partial charge in [-0.3, -0.25) is 4.79 Å². The van der Waals surface area contributed by atoms with E-state index < -0.39 is 34.2 Å². The van der Waals surface area contributed by atoms with Crippen molar-refractivity contribution in [3.8, 4) is 23.0 Å². The maximum atomic E-state index is 14.8. The summed E-state index contributed by atoms with van der Waals surface area (Å²) < 4.78 is 59.8. The Kier molecular flexibility index (Phi) is 7.66. The summed E-state index contributed by atoms with van der Waals surface area (Å²) in [5, 5.41) is 1.55. The molecule has 1 aliphatic rings. The third kappa shape index (κ3) is 5.84. The molecule has 0 saturated carbocycles. The van der Waals surface area contributed by atoms with Gasteiger partial charge in [-0.15, -0.1) is 0 Å². The number of hydrogen-bond acceptors (Lipinski definition) is 5. The molecule has 2 aromatic heterocycles. The second-order valence-corrected chi connectivity index (χ2v) is 8.59. The Morgan fingerprint density at radius 2 is 1.86 bits per heavy atom. The Bertz CT molecular complexity index is 1410. The summed E-state index contributed by atoms with van der Waals surface area (Å²) in [6, 6.07) is 5.12. The van der Waals surface area contributed by atoms with Crippen LogP contribution in [0.2, 0.25) is 5.15 Å². The van der Waals surface area contributed by atoms with Gasteiger partial charge < -0.3 is 15.0 Å². The van der Waals surface area contributed by atoms with Crippen LogP contribution in [0.4, 0.5) is 28.9 Å². The molecule has 0 aliphatic carbocycles. The first kappa shape index (κ1) is 26.4. The van der Waals surface area contributed by atoms with Gasteiger partial charge in [-0.2, -0.15) is 13.2 Å². The lowest BCUT2D eigenvalue weighted by Gasteiger charge is -2.29. The smallest absolute Gasteiger partial charge is 0.378 e. The minimum absolute atomic E-state index is 0.209. The standard InChI is InChI=1S/C26H21ClF4N4O2/c1-3-4-21-23(35-5-7-37-8-6-35)11-16(13-32-21)18-12-22(20(28)9-15(18)2)34-25(36)17-10-19(26(29,30)31)24(27)33-14-17/h9-14H,5-8H2,1-2H3,(H,34,36). The number of morpholine rings is 1. The summed E-state index contributed by atoms with van der Waals surface area (Å²) in [5.41, 5.74) is 1.32. The third-order valence-corrected chi connectivity index (χ3v) is 6.04. The SMILES string of the molecule is CC#Cc1ncc(-c2cc(NC(=O)c3cnc(Cl)c(C(F)(F)F)c3)c(F)cc2C)cc1N1CCOCC1. The molecule has 1 fully saturated rings. The molecule has 0 atom stereocenters. The molecule has 1 amide bonds. The highest BCUT2D eigenvalue weighted by Crippen LogP contribution is 2.35. The van der Waals surface area contributed by atoms with E-state index >= 15 is 0 Å². The van der Waals surface area contributed by atoms with E-state index in [-0.39, 0.29) is 5.69 Å². The molecule has 1 aromatic carbocycles. The van der Waals surface area contributed by atoms with Crippen molar-refractivity contribution in [3.63, 3.8) is 0 Å². The molecule has 3 aromatic rings. The minimum atomic E-state index is -4.80. The fourth-order valence-corrected chi connectivity index (χ4v) is 4.12. The van der Waals surface area contributed by atoms with E-state index in [1.54, 1.807) is 20.0 Å². The molecule has 6 nitrogen and oxygen atoms in total. The highest BCUT2D eigenvalue weighted by Gasteiger charge is 2.34. The third-order valence-electron chi connectivity index (χ3n) is 5.74. The number of carbonyl (C=O) groups excluding carboxylic acids is 1. The van der Waals surface area contributed by atoms with Gasteiger partial charge in [-0.1, -0.05) is 17.5 Å². The van der Waals surface area contributed by atoms with E-state index in [0.717, 1.165) is 11.9 Å². The van der Waals surface area contributed by atoms with Crippen molar-refractivity contribution in [2.45, 2.75) is 20.0 Å². The van der Waals surface area contributed by atoms with Crippen LogP contribution in [-0.4, -0.2) is 42.2 Å². The lowest BCUT2D eigenvalue weighted by molar-refractivity contribution is -0.137. The maximum Gasteiger partial charge on any atom is 0.419 e. The fourth-order valence-electron chi connectivity index (χ4n) is 3.91. The first-order valence-corrected chi connectivity index (χ1v) is 11.6. The average molecular weight is 533 g/mol. The summed E-state index contributed by atoms with van der Waals surface area (Å²) >= 11 is 5.53. The van der Waals surface area contributed by atoms with Crippen molar-refractivity contribution in [1.29, 1.82) is 0 Å². The number of nitrogens with one attached hydrogen (secondary N) is 1. The van der Waals surface area contributed by atoms with E-state index in [4.69, 9.17) is 16.3 Å². The second kappa shape index (κ2) is 10.7. The largest absolute Gasteiger partial charge is 0.419 e. The summed E-state index contributed by atoms with van der Waals surface area (Å²) in [5.74, 6) is 4.13. The Labute approximate surface area is 215 Å². The number of halogens is 5. The molecule has 0 unspecified atom stereocenters. The molecule has 1 aliphatic heterocycles. The number of pyridine rings is 2. The number of amides is 1. The number of hydrogen-bond donors (Lipinski definition) is 1. The average Bonchev–Trinajstić information content (AvgIpc) is 2.86. The van der Waals surface area contributed by atoms with E-state index in [2.05, 4.69) is 32.0 Å². The molecule has 1 saturated heterocycles. The number of carbonyl (C=O) groups is 1. The summed E-state index contributed by atoms with van der Waals surface area (Å²) in [6.07, 6.45) is -2.30. The molecule has 192 valence electrons. The number of benzene rings is 1. The van der Waals surface area contributed by atoms with E-state index in [0.29, 0.717) is 54.8 Å². The van der Waals surface area contributed by atoms with E-state index in [9.17, 15) is 22.4 Å². The van der Waals surface area contributed by atoms with Crippen LogP contribution in [-0.2, 0) is 10.9 Å². The quantitative estimate of drug-likeness (QED) is 0.264. The van der Waals surface area contributed by atoms with Crippen molar-refractivity contribution in [1.82, 2.24) is 9.97 Å². The number of aryl methyl sites for hydroxylation is 1. The van der Waals surface area contributed by atoms with Gasteiger partial charge >= 0.3 is 6.18 Å². The Morgan fingerprint density at radius 1 is 1.14 bits per heavy atom. The molecule has 37 heavy (non-hydrogen) atoms. The van der Waals surface area contributed by atoms with Crippen LogP contribution in [0, 0.1) is 24.6 Å². The van der Waals surface area contributed by atoms with Crippen molar-refractivity contribution in [2.24, 2.45) is 0 Å². The van der Waals surface area contributed by atoms with Crippen LogP contribution < -0.4 is 10.2 Å². The van der Waals surface area contributed by atoms with Gasteiger partial charge in [0.1, 0.15) is 16.7 Å². The van der Waals surface area contributed by atoms with Crippen LogP contribution >= 0.6 is 11.6 Å². The van der Waals surface area contributed by atoms with Crippen LogP contribution in [0.5, 0.6) is 0 Å². The molecule has 0 radical (unpaired) electrons. The predicted molar refractivity (Wildman–Crippen MR) is 132 cm³/mol. The van der Waals surface area contributed by atoms with Gasteiger partial charge in [0.15, 0.2) is 0 Å². The number of nitrogens with zero attached hydrogens (tertiary/aromatic N) is 3. The van der Waals surface area contributed by atoms with Crippen molar-refractivity contribution in [2.75, 3.05) is 36.5 Å².